The van der Waals surface area contributed by atoms with Crippen molar-refractivity contribution >= 4 is 0 Å². The van der Waals surface area contributed by atoms with Crippen molar-refractivity contribution in [1.29, 1.82) is 0 Å². The van der Waals surface area contributed by atoms with Gasteiger partial charge in [-0.05, 0) is 12.1 Å². The Hall–Kier alpha value is -1.94. The van der Waals surface area contributed by atoms with E-state index in [-0.39, 0.29) is 0 Å². The maximum Gasteiger partial charge on any atom is 0.240 e. The van der Waals surface area contributed by atoms with Gasteiger partial charge in [-0.3, -0.25) is 0 Å². The Labute approximate surface area is 107 Å². The molecular formula is C14H17N3O. The van der Waals surface area contributed by atoms with Crippen LogP contribution in [0.5, 0.6) is 5.88 Å². The minimum absolute atomic E-state index is 0.557. The van der Waals surface area contributed by atoms with Crippen molar-refractivity contribution < 1.29 is 4.74 Å². The third kappa shape index (κ3) is 2.65. The van der Waals surface area contributed by atoms with Crippen molar-refractivity contribution in [2.45, 2.75) is 13.5 Å². The summed E-state index contributed by atoms with van der Waals surface area (Å²) in [6.45, 7) is 3.84. The van der Waals surface area contributed by atoms with Crippen molar-refractivity contribution in [3.63, 3.8) is 0 Å². The zero-order valence-electron chi connectivity index (χ0n) is 10.7. The number of hydrogen-bond acceptors (Lipinski definition) is 4. The molecule has 0 aliphatic heterocycles. The predicted octanol–water partition coefficient (Wildman–Crippen LogP) is 2.26. The quantitative estimate of drug-likeness (QED) is 0.875. The second-order valence-corrected chi connectivity index (χ2v) is 3.85. The van der Waals surface area contributed by atoms with Gasteiger partial charge >= 0.3 is 0 Å². The van der Waals surface area contributed by atoms with Crippen molar-refractivity contribution in [3.8, 4) is 17.1 Å². The van der Waals surface area contributed by atoms with Crippen LogP contribution in [0.2, 0.25) is 0 Å². The molecule has 0 atom stereocenters. The Balaban J connectivity index is 2.43. The summed E-state index contributed by atoms with van der Waals surface area (Å²) >= 11 is 0. The van der Waals surface area contributed by atoms with Gasteiger partial charge in [0, 0.05) is 24.5 Å². The van der Waals surface area contributed by atoms with Crippen LogP contribution in [0.15, 0.2) is 36.7 Å². The van der Waals surface area contributed by atoms with Crippen molar-refractivity contribution in [2.24, 2.45) is 0 Å². The first-order valence-electron chi connectivity index (χ1n) is 6.00. The molecule has 0 bridgehead atoms. The number of hydrogen-bond donors (Lipinski definition) is 1. The van der Waals surface area contributed by atoms with Gasteiger partial charge in [-0.15, -0.1) is 0 Å². The molecule has 2 aromatic rings. The van der Waals surface area contributed by atoms with Crippen LogP contribution < -0.4 is 10.1 Å². The van der Waals surface area contributed by atoms with E-state index >= 15 is 0 Å². The van der Waals surface area contributed by atoms with E-state index in [1.54, 1.807) is 19.5 Å². The minimum atomic E-state index is 0.557. The van der Waals surface area contributed by atoms with Gasteiger partial charge in [-0.25, -0.2) is 9.97 Å². The van der Waals surface area contributed by atoms with Crippen molar-refractivity contribution in [3.05, 3.63) is 42.2 Å². The fourth-order valence-corrected chi connectivity index (χ4v) is 1.82. The summed E-state index contributed by atoms with van der Waals surface area (Å²) in [5.41, 5.74) is 3.04. The van der Waals surface area contributed by atoms with E-state index in [4.69, 9.17) is 4.74 Å². The number of methoxy groups -OCH3 is 1. The highest BCUT2D eigenvalue weighted by atomic mass is 16.5. The molecular weight excluding hydrogens is 226 g/mol. The summed E-state index contributed by atoms with van der Waals surface area (Å²) in [5, 5.41) is 3.32. The summed E-state index contributed by atoms with van der Waals surface area (Å²) in [5.74, 6) is 0.557. The fourth-order valence-electron chi connectivity index (χ4n) is 1.82. The van der Waals surface area contributed by atoms with Gasteiger partial charge in [0.15, 0.2) is 0 Å². The van der Waals surface area contributed by atoms with Crippen molar-refractivity contribution in [1.82, 2.24) is 15.3 Å². The van der Waals surface area contributed by atoms with Gasteiger partial charge in [0.25, 0.3) is 0 Å². The topological polar surface area (TPSA) is 47.0 Å². The molecule has 18 heavy (non-hydrogen) atoms. The van der Waals surface area contributed by atoms with E-state index in [0.29, 0.717) is 5.88 Å². The lowest BCUT2D eigenvalue weighted by atomic mass is 10.0. The third-order valence-electron chi connectivity index (χ3n) is 2.70. The third-order valence-corrected chi connectivity index (χ3v) is 2.70. The van der Waals surface area contributed by atoms with Gasteiger partial charge in [0.1, 0.15) is 5.69 Å². The van der Waals surface area contributed by atoms with Crippen LogP contribution in [0.4, 0.5) is 0 Å². The van der Waals surface area contributed by atoms with Crippen LogP contribution in [0.3, 0.4) is 0 Å². The molecule has 0 spiro atoms. The molecule has 0 radical (unpaired) electrons. The zero-order valence-corrected chi connectivity index (χ0v) is 10.7. The molecule has 0 saturated heterocycles. The molecule has 1 aromatic carbocycles. The van der Waals surface area contributed by atoms with Crippen LogP contribution in [0, 0.1) is 0 Å². The summed E-state index contributed by atoms with van der Waals surface area (Å²) in [6, 6.07) is 8.16. The maximum atomic E-state index is 5.27. The van der Waals surface area contributed by atoms with Gasteiger partial charge in [-0.2, -0.15) is 0 Å². The van der Waals surface area contributed by atoms with E-state index < -0.39 is 0 Å². The van der Waals surface area contributed by atoms with Gasteiger partial charge < -0.3 is 10.1 Å². The smallest absolute Gasteiger partial charge is 0.240 e. The molecule has 0 unspecified atom stereocenters. The molecule has 0 aliphatic rings. The first kappa shape index (κ1) is 12.5. The molecule has 0 saturated carbocycles. The highest BCUT2D eigenvalue weighted by Gasteiger charge is 2.11. The Kier molecular flexibility index (Phi) is 4.25. The summed E-state index contributed by atoms with van der Waals surface area (Å²) in [7, 11) is 1.61. The molecule has 1 heterocycles. The molecule has 4 nitrogen and oxygen atoms in total. The van der Waals surface area contributed by atoms with E-state index in [0.717, 1.165) is 24.3 Å². The standard InChI is InChI=1S/C14H17N3O/c1-3-15-10-11-6-4-5-7-12(11)13-14(18-2)17-9-8-16-13/h4-9,15H,3,10H2,1-2H3. The van der Waals surface area contributed by atoms with Gasteiger partial charge in [0.05, 0.1) is 7.11 Å². The van der Waals surface area contributed by atoms with Crippen LogP contribution >= 0.6 is 0 Å². The number of nitrogens with zero attached hydrogens (tertiary/aromatic N) is 2. The van der Waals surface area contributed by atoms with E-state index in [1.807, 2.05) is 18.2 Å². The van der Waals surface area contributed by atoms with E-state index in [1.165, 1.54) is 5.56 Å². The molecule has 94 valence electrons. The number of ether oxygens (including phenoxy) is 1. The Bertz CT molecular complexity index is 514. The van der Waals surface area contributed by atoms with Crippen LogP contribution in [-0.2, 0) is 6.54 Å². The van der Waals surface area contributed by atoms with E-state index in [9.17, 15) is 0 Å². The number of nitrogens with one attached hydrogen (secondary N) is 1. The summed E-state index contributed by atoms with van der Waals surface area (Å²) < 4.78 is 5.27. The van der Waals surface area contributed by atoms with E-state index in [2.05, 4.69) is 28.3 Å². The van der Waals surface area contributed by atoms with Crippen molar-refractivity contribution in [2.75, 3.05) is 13.7 Å². The average Bonchev–Trinajstić information content (AvgIpc) is 2.45. The second kappa shape index (κ2) is 6.12. The zero-order chi connectivity index (χ0) is 12.8. The second-order valence-electron chi connectivity index (χ2n) is 3.85. The molecule has 1 N–H and O–H groups in total. The van der Waals surface area contributed by atoms with Crippen LogP contribution in [0.1, 0.15) is 12.5 Å². The summed E-state index contributed by atoms with van der Waals surface area (Å²) in [4.78, 5) is 8.56. The van der Waals surface area contributed by atoms with Gasteiger partial charge in [0.2, 0.25) is 5.88 Å². The molecule has 0 fully saturated rings. The Morgan fingerprint density at radius 2 is 1.94 bits per heavy atom. The predicted molar refractivity (Wildman–Crippen MR) is 71.4 cm³/mol. The highest BCUT2D eigenvalue weighted by Crippen LogP contribution is 2.28. The highest BCUT2D eigenvalue weighted by molar-refractivity contribution is 5.67. The molecule has 0 amide bonds. The molecule has 4 heteroatoms. The lowest BCUT2D eigenvalue weighted by Gasteiger charge is -2.11. The lowest BCUT2D eigenvalue weighted by molar-refractivity contribution is 0.397. The maximum absolute atomic E-state index is 5.27. The first-order valence-corrected chi connectivity index (χ1v) is 6.00. The monoisotopic (exact) mass is 243 g/mol. The van der Waals surface area contributed by atoms with Gasteiger partial charge in [-0.1, -0.05) is 31.2 Å². The molecule has 2 rings (SSSR count). The number of rotatable bonds is 5. The molecule has 0 aliphatic carbocycles. The fraction of sp³-hybridized carbons (Fsp3) is 0.286. The van der Waals surface area contributed by atoms with Crippen LogP contribution in [0.25, 0.3) is 11.3 Å². The Morgan fingerprint density at radius 1 is 1.17 bits per heavy atom. The largest absolute Gasteiger partial charge is 0.479 e. The Morgan fingerprint density at radius 3 is 2.72 bits per heavy atom. The SMILES string of the molecule is CCNCc1ccccc1-c1nccnc1OC. The minimum Gasteiger partial charge on any atom is -0.479 e. The lowest BCUT2D eigenvalue weighted by Crippen LogP contribution is -2.12. The molecule has 1 aromatic heterocycles. The average molecular weight is 243 g/mol. The summed E-state index contributed by atoms with van der Waals surface area (Å²) in [6.07, 6.45) is 3.32. The number of aromatic nitrogens is 2. The normalized spacial score (nSPS) is 10.3. The van der Waals surface area contributed by atoms with Crippen LogP contribution in [-0.4, -0.2) is 23.6 Å². The first-order chi connectivity index (χ1) is 8.86. The number of benzene rings is 1.